The van der Waals surface area contributed by atoms with Crippen molar-refractivity contribution in [1.29, 1.82) is 0 Å². The molecule has 2 heterocycles. The fraction of sp³-hybridized carbons (Fsp3) is 0.394. The Hall–Kier alpha value is -3.20. The Balaban J connectivity index is 1.14. The van der Waals surface area contributed by atoms with Gasteiger partial charge in [0, 0.05) is 30.9 Å². The first-order valence-electron chi connectivity index (χ1n) is 14.5. The maximum atomic E-state index is 13.5. The van der Waals surface area contributed by atoms with Gasteiger partial charge in [-0.25, -0.2) is 8.42 Å². The van der Waals surface area contributed by atoms with E-state index >= 15 is 0 Å². The molecule has 2 aliphatic rings. The van der Waals surface area contributed by atoms with Crippen LogP contribution in [0, 0.1) is 5.41 Å². The SMILES string of the molecule is CS(=O)(=O)c1ccc(CN2CCC3(CCN(CCC(NC(=O)Cc4cccc(Cl)c4)c4ccccc4)CC3)C2=O)cc1. The third kappa shape index (κ3) is 7.41. The number of benzene rings is 3. The van der Waals surface area contributed by atoms with Crippen molar-refractivity contribution in [1.82, 2.24) is 15.1 Å². The Morgan fingerprint density at radius 1 is 0.929 bits per heavy atom. The molecule has 1 unspecified atom stereocenters. The van der Waals surface area contributed by atoms with Gasteiger partial charge in [-0.1, -0.05) is 66.2 Å². The fourth-order valence-corrected chi connectivity index (χ4v) is 7.01. The summed E-state index contributed by atoms with van der Waals surface area (Å²) in [5.74, 6) is 0.177. The van der Waals surface area contributed by atoms with Crippen LogP contribution in [0.5, 0.6) is 0 Å². The van der Waals surface area contributed by atoms with E-state index < -0.39 is 9.84 Å². The molecule has 222 valence electrons. The highest BCUT2D eigenvalue weighted by atomic mass is 35.5. The van der Waals surface area contributed by atoms with E-state index in [1.54, 1.807) is 30.3 Å². The van der Waals surface area contributed by atoms with E-state index in [2.05, 4.69) is 22.3 Å². The number of amides is 2. The Morgan fingerprint density at radius 2 is 1.62 bits per heavy atom. The summed E-state index contributed by atoms with van der Waals surface area (Å²) in [4.78, 5) is 31.1. The molecule has 1 spiro atoms. The molecule has 0 aliphatic carbocycles. The molecule has 9 heteroatoms. The van der Waals surface area contributed by atoms with Crippen LogP contribution in [-0.2, 0) is 32.4 Å². The van der Waals surface area contributed by atoms with E-state index in [1.807, 2.05) is 41.3 Å². The summed E-state index contributed by atoms with van der Waals surface area (Å²) in [5, 5.41) is 3.85. The lowest BCUT2D eigenvalue weighted by atomic mass is 9.77. The van der Waals surface area contributed by atoms with Gasteiger partial charge in [0.2, 0.25) is 11.8 Å². The second-order valence-electron chi connectivity index (χ2n) is 11.6. The number of likely N-dealkylation sites (tertiary alicyclic amines) is 2. The van der Waals surface area contributed by atoms with Crippen molar-refractivity contribution >= 4 is 33.3 Å². The number of piperidine rings is 1. The van der Waals surface area contributed by atoms with E-state index in [-0.39, 0.29) is 34.6 Å². The minimum atomic E-state index is -3.24. The first kappa shape index (κ1) is 30.3. The number of nitrogens with zero attached hydrogens (tertiary/aromatic N) is 2. The fourth-order valence-electron chi connectivity index (χ4n) is 6.17. The molecule has 0 radical (unpaired) electrons. The van der Waals surface area contributed by atoms with Crippen molar-refractivity contribution < 1.29 is 18.0 Å². The van der Waals surface area contributed by atoms with Crippen molar-refractivity contribution in [2.24, 2.45) is 5.41 Å². The molecule has 2 aliphatic heterocycles. The van der Waals surface area contributed by atoms with Crippen LogP contribution in [0.3, 0.4) is 0 Å². The van der Waals surface area contributed by atoms with Gasteiger partial charge < -0.3 is 15.1 Å². The smallest absolute Gasteiger partial charge is 0.229 e. The minimum absolute atomic E-state index is 0.0358. The summed E-state index contributed by atoms with van der Waals surface area (Å²) >= 11 is 6.10. The zero-order chi connectivity index (χ0) is 29.7. The molecule has 3 aromatic rings. The molecule has 2 amide bonds. The number of hydrogen-bond donors (Lipinski definition) is 1. The third-order valence-electron chi connectivity index (χ3n) is 8.66. The average molecular weight is 608 g/mol. The molecule has 42 heavy (non-hydrogen) atoms. The lowest BCUT2D eigenvalue weighted by Crippen LogP contribution is -2.45. The number of sulfone groups is 1. The number of nitrogens with one attached hydrogen (secondary N) is 1. The maximum absolute atomic E-state index is 13.5. The standard InChI is InChI=1S/C33H38ClN3O4S/c1-42(40,41)29-12-10-25(11-13-29)24-37-21-17-33(32(37)39)15-19-36(20-16-33)18-14-30(27-7-3-2-4-8-27)35-31(38)23-26-6-5-9-28(34)22-26/h2-13,22,30H,14-21,23-24H2,1H3,(H,35,38). The van der Waals surface area contributed by atoms with Gasteiger partial charge in [0.1, 0.15) is 0 Å². The van der Waals surface area contributed by atoms with Crippen LogP contribution in [0.4, 0.5) is 0 Å². The first-order valence-corrected chi connectivity index (χ1v) is 16.8. The molecular formula is C33H38ClN3O4S. The molecule has 1 N–H and O–H groups in total. The topological polar surface area (TPSA) is 86.8 Å². The largest absolute Gasteiger partial charge is 0.349 e. The molecule has 2 fully saturated rings. The van der Waals surface area contributed by atoms with Gasteiger partial charge >= 0.3 is 0 Å². The van der Waals surface area contributed by atoms with Gasteiger partial charge in [0.15, 0.2) is 9.84 Å². The van der Waals surface area contributed by atoms with Crippen LogP contribution in [0.2, 0.25) is 5.02 Å². The number of halogens is 1. The van der Waals surface area contributed by atoms with Crippen LogP contribution < -0.4 is 5.32 Å². The number of rotatable bonds is 10. The summed E-state index contributed by atoms with van der Waals surface area (Å²) in [6.45, 7) is 3.75. The maximum Gasteiger partial charge on any atom is 0.229 e. The molecule has 2 saturated heterocycles. The van der Waals surface area contributed by atoms with Gasteiger partial charge in [-0.15, -0.1) is 0 Å². The van der Waals surface area contributed by atoms with Crippen molar-refractivity contribution in [2.75, 3.05) is 32.4 Å². The van der Waals surface area contributed by atoms with Gasteiger partial charge in [0.05, 0.1) is 22.8 Å². The predicted molar refractivity (Wildman–Crippen MR) is 165 cm³/mol. The van der Waals surface area contributed by atoms with E-state index in [0.717, 1.165) is 68.6 Å². The van der Waals surface area contributed by atoms with Crippen LogP contribution in [-0.4, -0.2) is 62.5 Å². The average Bonchev–Trinajstić information content (AvgIpc) is 3.26. The Kier molecular flexibility index (Phi) is 9.35. The molecule has 0 aromatic heterocycles. The molecule has 5 rings (SSSR count). The molecule has 0 bridgehead atoms. The lowest BCUT2D eigenvalue weighted by molar-refractivity contribution is -0.139. The number of carbonyl (C=O) groups excluding carboxylic acids is 2. The quantitative estimate of drug-likeness (QED) is 0.349. The van der Waals surface area contributed by atoms with Crippen LogP contribution in [0.1, 0.15) is 48.4 Å². The van der Waals surface area contributed by atoms with E-state index in [4.69, 9.17) is 11.6 Å². The molecule has 3 aromatic carbocycles. The second-order valence-corrected chi connectivity index (χ2v) is 14.1. The zero-order valence-electron chi connectivity index (χ0n) is 24.0. The van der Waals surface area contributed by atoms with Crippen molar-refractivity contribution in [3.8, 4) is 0 Å². The Labute approximate surface area is 253 Å². The lowest BCUT2D eigenvalue weighted by Gasteiger charge is -2.38. The van der Waals surface area contributed by atoms with Gasteiger partial charge in [-0.2, -0.15) is 0 Å². The Morgan fingerprint density at radius 3 is 2.29 bits per heavy atom. The van der Waals surface area contributed by atoms with Gasteiger partial charge in [0.25, 0.3) is 0 Å². The monoisotopic (exact) mass is 607 g/mol. The summed E-state index contributed by atoms with van der Waals surface area (Å²) in [5.41, 5.74) is 2.59. The van der Waals surface area contributed by atoms with Gasteiger partial charge in [-0.05, 0) is 79.7 Å². The first-order chi connectivity index (χ1) is 20.1. The predicted octanol–water partition coefficient (Wildman–Crippen LogP) is 5.05. The van der Waals surface area contributed by atoms with Gasteiger partial charge in [-0.3, -0.25) is 9.59 Å². The van der Waals surface area contributed by atoms with E-state index in [1.165, 1.54) is 6.26 Å². The minimum Gasteiger partial charge on any atom is -0.349 e. The highest BCUT2D eigenvalue weighted by Crippen LogP contribution is 2.42. The van der Waals surface area contributed by atoms with Crippen molar-refractivity contribution in [3.05, 3.63) is 101 Å². The highest BCUT2D eigenvalue weighted by molar-refractivity contribution is 7.90. The molecule has 0 saturated carbocycles. The van der Waals surface area contributed by atoms with E-state index in [9.17, 15) is 18.0 Å². The number of hydrogen-bond acceptors (Lipinski definition) is 5. The normalized spacial score (nSPS) is 17.9. The summed E-state index contributed by atoms with van der Waals surface area (Å²) in [7, 11) is -3.24. The molecule has 7 nitrogen and oxygen atoms in total. The zero-order valence-corrected chi connectivity index (χ0v) is 25.5. The highest BCUT2D eigenvalue weighted by Gasteiger charge is 2.47. The summed E-state index contributed by atoms with van der Waals surface area (Å²) < 4.78 is 23.5. The second kappa shape index (κ2) is 13.0. The molecule has 1 atom stereocenters. The van der Waals surface area contributed by atoms with Crippen molar-refractivity contribution in [2.45, 2.75) is 49.6 Å². The number of carbonyl (C=O) groups is 2. The van der Waals surface area contributed by atoms with Crippen LogP contribution in [0.15, 0.2) is 83.8 Å². The van der Waals surface area contributed by atoms with Crippen LogP contribution >= 0.6 is 11.6 Å². The van der Waals surface area contributed by atoms with Crippen molar-refractivity contribution in [3.63, 3.8) is 0 Å². The Bertz CT molecular complexity index is 1500. The summed E-state index contributed by atoms with van der Waals surface area (Å²) in [6.07, 6.45) is 4.76. The summed E-state index contributed by atoms with van der Waals surface area (Å²) in [6, 6.07) is 24.2. The van der Waals surface area contributed by atoms with E-state index in [0.29, 0.717) is 11.6 Å². The molecular weight excluding hydrogens is 570 g/mol. The third-order valence-corrected chi connectivity index (χ3v) is 10.0. The van der Waals surface area contributed by atoms with Crippen LogP contribution in [0.25, 0.3) is 0 Å².